The smallest absolute Gasteiger partial charge is 0.303 e. The molecule has 0 aliphatic carbocycles. The molecule has 0 bridgehead atoms. The molecule has 0 heterocycles. The van der Waals surface area contributed by atoms with Crippen molar-refractivity contribution >= 4 is 44.9 Å². The molecule has 38 heavy (non-hydrogen) atoms. The predicted octanol–water partition coefficient (Wildman–Crippen LogP) is 7.16. The lowest BCUT2D eigenvalue weighted by atomic mass is 9.81. The summed E-state index contributed by atoms with van der Waals surface area (Å²) in [7, 11) is -3.49. The predicted molar refractivity (Wildman–Crippen MR) is 155 cm³/mol. The second kappa shape index (κ2) is 14.3. The third-order valence-electron chi connectivity index (χ3n) is 6.91. The third-order valence-corrected chi connectivity index (χ3v) is 9.64. The highest BCUT2D eigenvalue weighted by Gasteiger charge is 2.40. The van der Waals surface area contributed by atoms with Gasteiger partial charge in [0.2, 0.25) is 5.91 Å². The van der Waals surface area contributed by atoms with E-state index in [9.17, 15) is 23.1 Å². The fourth-order valence-electron chi connectivity index (χ4n) is 4.72. The van der Waals surface area contributed by atoms with Gasteiger partial charge in [0.15, 0.2) is 9.84 Å². The number of benzene rings is 2. The molecule has 2 rings (SSSR count). The number of rotatable bonds is 14. The van der Waals surface area contributed by atoms with E-state index >= 15 is 0 Å². The number of carbonyl (C=O) groups excluding carboxylic acids is 1. The van der Waals surface area contributed by atoms with Crippen LogP contribution in [-0.2, 0) is 19.4 Å². The van der Waals surface area contributed by atoms with Crippen LogP contribution < -0.4 is 0 Å². The van der Waals surface area contributed by atoms with Gasteiger partial charge in [-0.2, -0.15) is 0 Å². The van der Waals surface area contributed by atoms with Crippen molar-refractivity contribution in [3.05, 3.63) is 69.7 Å². The van der Waals surface area contributed by atoms with Crippen molar-refractivity contribution < 1.29 is 23.1 Å². The van der Waals surface area contributed by atoms with E-state index in [4.69, 9.17) is 23.2 Å². The fraction of sp³-hybridized carbons (Fsp3) is 0.517. The third kappa shape index (κ3) is 8.72. The van der Waals surface area contributed by atoms with Crippen LogP contribution in [0.15, 0.2) is 48.5 Å². The van der Waals surface area contributed by atoms with Crippen LogP contribution in [0.3, 0.4) is 0 Å². The van der Waals surface area contributed by atoms with Crippen molar-refractivity contribution in [1.82, 2.24) is 4.90 Å². The maximum atomic E-state index is 13.8. The topological polar surface area (TPSA) is 91.8 Å². The van der Waals surface area contributed by atoms with E-state index < -0.39 is 33.1 Å². The number of carboxylic acid groups (broad SMARTS) is 1. The van der Waals surface area contributed by atoms with Crippen molar-refractivity contribution in [2.24, 2.45) is 5.92 Å². The van der Waals surface area contributed by atoms with Crippen LogP contribution in [0.2, 0.25) is 10.0 Å². The second-order valence-corrected chi connectivity index (χ2v) is 13.8. The van der Waals surface area contributed by atoms with Gasteiger partial charge in [0.05, 0.1) is 17.0 Å². The molecule has 0 saturated heterocycles. The number of hydrogen-bond acceptors (Lipinski definition) is 4. The molecule has 1 amide bonds. The van der Waals surface area contributed by atoms with E-state index in [-0.39, 0.29) is 36.3 Å². The number of carbonyl (C=O) groups is 2. The van der Waals surface area contributed by atoms with E-state index in [1.54, 1.807) is 43.9 Å². The van der Waals surface area contributed by atoms with Gasteiger partial charge < -0.3 is 10.0 Å². The number of aliphatic carboxylic acids is 1. The minimum atomic E-state index is -3.49. The van der Waals surface area contributed by atoms with Crippen molar-refractivity contribution in [3.63, 3.8) is 0 Å². The Morgan fingerprint density at radius 2 is 1.58 bits per heavy atom. The quantitative estimate of drug-likeness (QED) is 0.254. The van der Waals surface area contributed by atoms with Gasteiger partial charge in [0, 0.05) is 34.8 Å². The Balaban J connectivity index is 2.82. The SMILES string of the molecule is CCC(=O)N([C@H](CS(=O)(=O)C(C)C)C(C)C)[C@H](c1ccc(Cl)cc1)[C@H](CCCC(=O)O)c1cccc(Cl)c1. The molecule has 1 N–H and O–H groups in total. The lowest BCUT2D eigenvalue weighted by Crippen LogP contribution is -2.51. The number of hydrogen-bond donors (Lipinski definition) is 1. The Morgan fingerprint density at radius 3 is 2.08 bits per heavy atom. The van der Waals surface area contributed by atoms with Crippen LogP contribution in [0.25, 0.3) is 0 Å². The van der Waals surface area contributed by atoms with Crippen molar-refractivity contribution in [2.75, 3.05) is 5.75 Å². The van der Waals surface area contributed by atoms with Crippen molar-refractivity contribution in [3.8, 4) is 0 Å². The van der Waals surface area contributed by atoms with Crippen LogP contribution in [0, 0.1) is 5.92 Å². The molecule has 0 aliphatic rings. The van der Waals surface area contributed by atoms with Crippen molar-refractivity contribution in [1.29, 1.82) is 0 Å². The summed E-state index contributed by atoms with van der Waals surface area (Å²) in [6.07, 6.45) is 0.991. The summed E-state index contributed by atoms with van der Waals surface area (Å²) in [4.78, 5) is 26.9. The second-order valence-electron chi connectivity index (χ2n) is 10.3. The van der Waals surface area contributed by atoms with E-state index in [0.717, 1.165) is 11.1 Å². The molecule has 0 unspecified atom stereocenters. The fourth-order valence-corrected chi connectivity index (χ4v) is 6.45. The molecule has 0 saturated carbocycles. The molecular weight excluding hydrogens is 545 g/mol. The largest absolute Gasteiger partial charge is 0.481 e. The standard InChI is InChI=1S/C29H39Cl2NO5S/c1-6-27(33)32(26(19(2)3)18-38(36,37)20(4)5)29(21-13-15-23(30)16-14-21)25(11-8-12-28(34)35)22-9-7-10-24(31)17-22/h7,9-10,13-17,19-20,25-26,29H,6,8,11-12,18H2,1-5H3,(H,34,35)/t25-,26-,29-/m1/s1. The number of nitrogens with zero attached hydrogens (tertiary/aromatic N) is 1. The molecule has 0 fully saturated rings. The first-order chi connectivity index (χ1) is 17.8. The Morgan fingerprint density at radius 1 is 0.947 bits per heavy atom. The minimum Gasteiger partial charge on any atom is -0.481 e. The van der Waals surface area contributed by atoms with Gasteiger partial charge in [0.25, 0.3) is 0 Å². The normalized spacial score (nSPS) is 14.3. The molecule has 0 spiro atoms. The molecule has 0 aliphatic heterocycles. The summed E-state index contributed by atoms with van der Waals surface area (Å²) < 4.78 is 26.3. The molecular formula is C29H39Cl2NO5S. The summed E-state index contributed by atoms with van der Waals surface area (Å²) in [6.45, 7) is 8.91. The number of amides is 1. The van der Waals surface area contributed by atoms with Gasteiger partial charge in [-0.15, -0.1) is 0 Å². The highest BCUT2D eigenvalue weighted by molar-refractivity contribution is 7.92. The lowest BCUT2D eigenvalue weighted by Gasteiger charge is -2.44. The van der Waals surface area contributed by atoms with Gasteiger partial charge in [-0.3, -0.25) is 9.59 Å². The van der Waals surface area contributed by atoms with E-state index in [1.165, 1.54) is 0 Å². The van der Waals surface area contributed by atoms with E-state index in [2.05, 4.69) is 0 Å². The summed E-state index contributed by atoms with van der Waals surface area (Å²) in [6, 6.07) is 13.4. The van der Waals surface area contributed by atoms with Crippen LogP contribution in [0.5, 0.6) is 0 Å². The average Bonchev–Trinajstić information content (AvgIpc) is 2.84. The van der Waals surface area contributed by atoms with Crippen molar-refractivity contribution in [2.45, 2.75) is 83.6 Å². The zero-order valence-corrected chi connectivity index (χ0v) is 25.1. The van der Waals surface area contributed by atoms with Gasteiger partial charge in [0.1, 0.15) is 0 Å². The van der Waals surface area contributed by atoms with E-state index in [1.807, 2.05) is 44.2 Å². The van der Waals surface area contributed by atoms with Crippen LogP contribution >= 0.6 is 23.2 Å². The summed E-state index contributed by atoms with van der Waals surface area (Å²) in [5.74, 6) is -1.74. The lowest BCUT2D eigenvalue weighted by molar-refractivity contribution is -0.139. The Hall–Kier alpha value is -2.09. The molecule has 2 aromatic rings. The highest BCUT2D eigenvalue weighted by Crippen LogP contribution is 2.43. The monoisotopic (exact) mass is 583 g/mol. The first-order valence-electron chi connectivity index (χ1n) is 13.0. The molecule has 0 aromatic heterocycles. The van der Waals surface area contributed by atoms with Gasteiger partial charge in [-0.05, 0) is 68.0 Å². The van der Waals surface area contributed by atoms with Gasteiger partial charge in [-0.1, -0.05) is 68.2 Å². The zero-order chi connectivity index (χ0) is 28.6. The minimum absolute atomic E-state index is 0.0263. The van der Waals surface area contributed by atoms with Crippen LogP contribution in [0.1, 0.15) is 83.4 Å². The van der Waals surface area contributed by atoms with Gasteiger partial charge >= 0.3 is 5.97 Å². The van der Waals surface area contributed by atoms with E-state index in [0.29, 0.717) is 22.9 Å². The van der Waals surface area contributed by atoms with Crippen LogP contribution in [-0.4, -0.2) is 47.3 Å². The molecule has 2 aromatic carbocycles. The zero-order valence-electron chi connectivity index (χ0n) is 22.7. The summed E-state index contributed by atoms with van der Waals surface area (Å²) >= 11 is 12.6. The summed E-state index contributed by atoms with van der Waals surface area (Å²) in [5, 5.41) is 9.81. The first-order valence-corrected chi connectivity index (χ1v) is 15.5. The Bertz CT molecular complexity index is 1180. The Labute approximate surface area is 237 Å². The maximum absolute atomic E-state index is 13.8. The average molecular weight is 585 g/mol. The number of sulfone groups is 1. The summed E-state index contributed by atoms with van der Waals surface area (Å²) in [5.41, 5.74) is 1.65. The molecule has 9 heteroatoms. The molecule has 6 nitrogen and oxygen atoms in total. The van der Waals surface area contributed by atoms with Gasteiger partial charge in [-0.25, -0.2) is 8.42 Å². The molecule has 0 radical (unpaired) electrons. The highest BCUT2D eigenvalue weighted by atomic mass is 35.5. The maximum Gasteiger partial charge on any atom is 0.303 e. The molecule has 210 valence electrons. The van der Waals surface area contributed by atoms with Crippen LogP contribution in [0.4, 0.5) is 0 Å². The number of halogens is 2. The number of carboxylic acids is 1. The first kappa shape index (κ1) is 32.1. The molecule has 3 atom stereocenters. The Kier molecular flexibility index (Phi) is 12.1.